The van der Waals surface area contributed by atoms with Crippen molar-refractivity contribution in [2.75, 3.05) is 33.2 Å². The van der Waals surface area contributed by atoms with E-state index in [9.17, 15) is 8.42 Å². The summed E-state index contributed by atoms with van der Waals surface area (Å²) in [5.74, 6) is 0.406. The van der Waals surface area contributed by atoms with Gasteiger partial charge in [0.1, 0.15) is 0 Å². The Morgan fingerprint density at radius 1 is 1.32 bits per heavy atom. The van der Waals surface area contributed by atoms with Crippen molar-refractivity contribution in [3.8, 4) is 0 Å². The van der Waals surface area contributed by atoms with Gasteiger partial charge in [-0.05, 0) is 37.9 Å². The third-order valence-corrected chi connectivity index (χ3v) is 6.21. The highest BCUT2D eigenvalue weighted by atomic mass is 32.2. The zero-order valence-electron chi connectivity index (χ0n) is 13.5. The number of rotatable bonds is 7. The summed E-state index contributed by atoms with van der Waals surface area (Å²) in [4.78, 5) is 0. The first kappa shape index (κ1) is 17.4. The molecule has 0 amide bonds. The van der Waals surface area contributed by atoms with E-state index in [0.29, 0.717) is 32.1 Å². The van der Waals surface area contributed by atoms with Gasteiger partial charge in [0.05, 0.1) is 0 Å². The second-order valence-electron chi connectivity index (χ2n) is 5.84. The van der Waals surface area contributed by atoms with Crippen LogP contribution in [-0.2, 0) is 16.8 Å². The zero-order valence-corrected chi connectivity index (χ0v) is 14.3. The third-order valence-electron chi connectivity index (χ3n) is 4.18. The summed E-state index contributed by atoms with van der Waals surface area (Å²) >= 11 is 0. The van der Waals surface area contributed by atoms with Gasteiger partial charge in [-0.1, -0.05) is 37.3 Å². The topological polar surface area (TPSA) is 52.7 Å². The molecule has 1 unspecified atom stereocenters. The summed E-state index contributed by atoms with van der Waals surface area (Å²) in [5.41, 5.74) is 1.02. The average Bonchev–Trinajstić information content (AvgIpc) is 2.54. The molecule has 1 aromatic rings. The van der Waals surface area contributed by atoms with Gasteiger partial charge in [0.25, 0.3) is 10.2 Å². The summed E-state index contributed by atoms with van der Waals surface area (Å²) in [7, 11) is -1.47. The van der Waals surface area contributed by atoms with Crippen LogP contribution in [-0.4, -0.2) is 50.3 Å². The monoisotopic (exact) mass is 325 g/mol. The SMILES string of the molecule is CCN(Cc1ccccc1)S(=O)(=O)N1CCCC(CNC)C1. The molecule has 0 radical (unpaired) electrons. The molecule has 6 heteroatoms. The van der Waals surface area contributed by atoms with Gasteiger partial charge in [-0.15, -0.1) is 0 Å². The van der Waals surface area contributed by atoms with Gasteiger partial charge >= 0.3 is 0 Å². The molecule has 0 saturated carbocycles. The molecular formula is C16H27N3O2S. The van der Waals surface area contributed by atoms with Crippen molar-refractivity contribution in [3.05, 3.63) is 35.9 Å². The van der Waals surface area contributed by atoms with Crippen LogP contribution in [0.5, 0.6) is 0 Å². The van der Waals surface area contributed by atoms with Gasteiger partial charge in [-0.25, -0.2) is 0 Å². The largest absolute Gasteiger partial charge is 0.319 e. The molecule has 0 spiro atoms. The lowest BCUT2D eigenvalue weighted by atomic mass is 10.00. The van der Waals surface area contributed by atoms with Crippen LogP contribution in [0.25, 0.3) is 0 Å². The fourth-order valence-corrected chi connectivity index (χ4v) is 4.72. The number of nitrogens with one attached hydrogen (secondary N) is 1. The average molecular weight is 325 g/mol. The quantitative estimate of drug-likeness (QED) is 0.830. The lowest BCUT2D eigenvalue weighted by Crippen LogP contribution is -2.48. The number of hydrogen-bond acceptors (Lipinski definition) is 3. The van der Waals surface area contributed by atoms with E-state index in [1.807, 2.05) is 44.3 Å². The van der Waals surface area contributed by atoms with E-state index in [2.05, 4.69) is 5.32 Å². The summed E-state index contributed by atoms with van der Waals surface area (Å²) in [6.45, 7) is 4.95. The van der Waals surface area contributed by atoms with Gasteiger partial charge < -0.3 is 5.32 Å². The molecule has 22 heavy (non-hydrogen) atoms. The van der Waals surface area contributed by atoms with Crippen molar-refractivity contribution in [2.24, 2.45) is 5.92 Å². The minimum atomic E-state index is -3.38. The number of hydrogen-bond donors (Lipinski definition) is 1. The van der Waals surface area contributed by atoms with Gasteiger partial charge in [-0.3, -0.25) is 0 Å². The second kappa shape index (κ2) is 8.06. The third kappa shape index (κ3) is 4.29. The maximum atomic E-state index is 12.9. The van der Waals surface area contributed by atoms with Crippen LogP contribution in [0.1, 0.15) is 25.3 Å². The van der Waals surface area contributed by atoms with E-state index >= 15 is 0 Å². The Balaban J connectivity index is 2.09. The van der Waals surface area contributed by atoms with E-state index in [0.717, 1.165) is 24.9 Å². The molecule has 1 aliphatic rings. The van der Waals surface area contributed by atoms with E-state index < -0.39 is 10.2 Å². The molecule has 1 atom stereocenters. The summed E-state index contributed by atoms with van der Waals surface area (Å²) < 4.78 is 29.0. The van der Waals surface area contributed by atoms with E-state index in [4.69, 9.17) is 0 Å². The van der Waals surface area contributed by atoms with Crippen molar-refractivity contribution in [1.29, 1.82) is 0 Å². The molecule has 0 bridgehead atoms. The Morgan fingerprint density at radius 2 is 2.05 bits per heavy atom. The zero-order chi connectivity index (χ0) is 16.0. The molecule has 1 aromatic carbocycles. The van der Waals surface area contributed by atoms with E-state index in [-0.39, 0.29) is 0 Å². The van der Waals surface area contributed by atoms with Crippen LogP contribution in [0.3, 0.4) is 0 Å². The van der Waals surface area contributed by atoms with Crippen LogP contribution in [0.4, 0.5) is 0 Å². The number of nitrogens with zero attached hydrogens (tertiary/aromatic N) is 2. The first-order chi connectivity index (χ1) is 10.6. The molecule has 5 nitrogen and oxygen atoms in total. The molecule has 1 aliphatic heterocycles. The van der Waals surface area contributed by atoms with Crippen LogP contribution in [0.2, 0.25) is 0 Å². The van der Waals surface area contributed by atoms with Crippen molar-refractivity contribution >= 4 is 10.2 Å². The van der Waals surface area contributed by atoms with Gasteiger partial charge in [-0.2, -0.15) is 17.0 Å². The van der Waals surface area contributed by atoms with Crippen molar-refractivity contribution < 1.29 is 8.42 Å². The highest BCUT2D eigenvalue weighted by molar-refractivity contribution is 7.86. The minimum absolute atomic E-state index is 0.406. The standard InChI is InChI=1S/C16H27N3O2S/c1-3-18(13-15-8-5-4-6-9-15)22(20,21)19-11-7-10-16(14-19)12-17-2/h4-6,8-9,16-17H,3,7,10-14H2,1-2H3. The molecule has 124 valence electrons. The lowest BCUT2D eigenvalue weighted by molar-refractivity contribution is 0.244. The fourth-order valence-electron chi connectivity index (χ4n) is 3.00. The molecule has 2 rings (SSSR count). The van der Waals surface area contributed by atoms with Gasteiger partial charge in [0, 0.05) is 26.2 Å². The summed E-state index contributed by atoms with van der Waals surface area (Å²) in [6.07, 6.45) is 2.03. The lowest BCUT2D eigenvalue weighted by Gasteiger charge is -2.35. The van der Waals surface area contributed by atoms with Gasteiger partial charge in [0.2, 0.25) is 0 Å². The summed E-state index contributed by atoms with van der Waals surface area (Å²) in [6, 6.07) is 9.77. The maximum Gasteiger partial charge on any atom is 0.282 e. The first-order valence-electron chi connectivity index (χ1n) is 8.01. The normalized spacial score (nSPS) is 20.4. The highest BCUT2D eigenvalue weighted by Gasteiger charge is 2.32. The van der Waals surface area contributed by atoms with E-state index in [1.165, 1.54) is 0 Å². The molecule has 0 aromatic heterocycles. The van der Waals surface area contributed by atoms with Gasteiger partial charge in [0.15, 0.2) is 0 Å². The molecular weight excluding hydrogens is 298 g/mol. The molecule has 1 fully saturated rings. The Bertz CT molecular complexity index is 546. The van der Waals surface area contributed by atoms with Crippen molar-refractivity contribution in [1.82, 2.24) is 13.9 Å². The molecule has 1 N–H and O–H groups in total. The fraction of sp³-hybridized carbons (Fsp3) is 0.625. The van der Waals surface area contributed by atoms with Crippen LogP contribution >= 0.6 is 0 Å². The van der Waals surface area contributed by atoms with Crippen molar-refractivity contribution in [3.63, 3.8) is 0 Å². The number of piperidine rings is 1. The Labute approximate surface area is 134 Å². The van der Waals surface area contributed by atoms with E-state index in [1.54, 1.807) is 8.61 Å². The Hall–Kier alpha value is -0.950. The number of benzene rings is 1. The smallest absolute Gasteiger partial charge is 0.282 e. The van der Waals surface area contributed by atoms with Crippen molar-refractivity contribution in [2.45, 2.75) is 26.3 Å². The first-order valence-corrected chi connectivity index (χ1v) is 9.41. The second-order valence-corrected chi connectivity index (χ2v) is 7.77. The Kier molecular flexibility index (Phi) is 6.37. The summed E-state index contributed by atoms with van der Waals surface area (Å²) in [5, 5.41) is 3.16. The highest BCUT2D eigenvalue weighted by Crippen LogP contribution is 2.21. The maximum absolute atomic E-state index is 12.9. The Morgan fingerprint density at radius 3 is 2.68 bits per heavy atom. The predicted molar refractivity (Wildman–Crippen MR) is 89.7 cm³/mol. The minimum Gasteiger partial charge on any atom is -0.319 e. The van der Waals surface area contributed by atoms with Crippen LogP contribution < -0.4 is 5.32 Å². The molecule has 1 heterocycles. The van der Waals surface area contributed by atoms with Crippen LogP contribution in [0.15, 0.2) is 30.3 Å². The van der Waals surface area contributed by atoms with Crippen LogP contribution in [0, 0.1) is 5.92 Å². The molecule has 1 saturated heterocycles. The predicted octanol–water partition coefficient (Wildman–Crippen LogP) is 1.68. The molecule has 0 aliphatic carbocycles.